The first-order valence-corrected chi connectivity index (χ1v) is 10.8. The fraction of sp³-hybridized carbons (Fsp3) is 0.0370. The molecule has 5 heteroatoms. The molecule has 0 heterocycles. The molecule has 0 fully saturated rings. The molecule has 0 aliphatic rings. The van der Waals surface area contributed by atoms with Gasteiger partial charge >= 0.3 is 0 Å². The van der Waals surface area contributed by atoms with Gasteiger partial charge in [0.25, 0.3) is 5.91 Å². The second-order valence-corrected chi connectivity index (χ2v) is 8.09. The van der Waals surface area contributed by atoms with Gasteiger partial charge in [0.15, 0.2) is 0 Å². The number of nitriles is 1. The van der Waals surface area contributed by atoms with Crippen molar-refractivity contribution < 1.29 is 9.53 Å². The molecule has 0 saturated carbocycles. The maximum absolute atomic E-state index is 12.6. The zero-order valence-electron chi connectivity index (χ0n) is 17.1. The number of nitrogens with one attached hydrogen (secondary N) is 1. The number of benzene rings is 4. The van der Waals surface area contributed by atoms with E-state index in [0.29, 0.717) is 18.0 Å². The monoisotopic (exact) mass is 482 g/mol. The molecule has 4 aromatic rings. The number of amides is 1. The van der Waals surface area contributed by atoms with Gasteiger partial charge in [0.05, 0.1) is 0 Å². The van der Waals surface area contributed by atoms with Crippen LogP contribution in [0.2, 0.25) is 0 Å². The Kier molecular flexibility index (Phi) is 6.64. The molecule has 0 saturated heterocycles. The van der Waals surface area contributed by atoms with Crippen molar-refractivity contribution in [3.8, 4) is 11.8 Å². The second-order valence-electron chi connectivity index (χ2n) is 7.17. The lowest BCUT2D eigenvalue weighted by Gasteiger charge is -2.07. The first kappa shape index (κ1) is 21.4. The van der Waals surface area contributed by atoms with Crippen molar-refractivity contribution in [1.82, 2.24) is 0 Å². The van der Waals surface area contributed by atoms with Gasteiger partial charge in [-0.15, -0.1) is 0 Å². The van der Waals surface area contributed by atoms with E-state index in [2.05, 4.69) is 21.2 Å². The summed E-state index contributed by atoms with van der Waals surface area (Å²) in [5.74, 6) is 0.266. The highest BCUT2D eigenvalue weighted by molar-refractivity contribution is 9.10. The molecule has 156 valence electrons. The smallest absolute Gasteiger partial charge is 0.266 e. The minimum absolute atomic E-state index is 0.0293. The molecular weight excluding hydrogens is 464 g/mol. The Morgan fingerprint density at radius 3 is 2.38 bits per heavy atom. The Morgan fingerprint density at radius 2 is 1.66 bits per heavy atom. The van der Waals surface area contributed by atoms with Crippen molar-refractivity contribution in [3.63, 3.8) is 0 Å². The van der Waals surface area contributed by atoms with Gasteiger partial charge in [-0.05, 0) is 64.4 Å². The molecule has 0 spiro atoms. The predicted octanol–water partition coefficient (Wildman–Crippen LogP) is 6.73. The molecule has 4 aromatic carbocycles. The van der Waals surface area contributed by atoms with Crippen molar-refractivity contribution in [1.29, 1.82) is 5.26 Å². The van der Waals surface area contributed by atoms with Crippen LogP contribution in [0.15, 0.2) is 101 Å². The molecule has 0 aliphatic carbocycles. The fourth-order valence-corrected chi connectivity index (χ4v) is 3.45. The molecule has 0 unspecified atom stereocenters. The number of halogens is 1. The van der Waals surface area contributed by atoms with Crippen LogP contribution in [0.25, 0.3) is 16.8 Å². The molecule has 0 bridgehead atoms. The van der Waals surface area contributed by atoms with Crippen molar-refractivity contribution in [2.75, 3.05) is 5.32 Å². The number of ether oxygens (including phenoxy) is 1. The third-order valence-electron chi connectivity index (χ3n) is 4.88. The van der Waals surface area contributed by atoms with E-state index in [1.54, 1.807) is 6.08 Å². The molecule has 4 nitrogen and oxygen atoms in total. The number of nitrogens with zero attached hydrogens (tertiary/aromatic N) is 1. The minimum Gasteiger partial charge on any atom is -0.489 e. The Morgan fingerprint density at radius 1 is 0.938 bits per heavy atom. The van der Waals surface area contributed by atoms with E-state index < -0.39 is 5.91 Å². The third kappa shape index (κ3) is 5.42. The Balaban J connectivity index is 1.41. The molecule has 0 aliphatic heterocycles. The summed E-state index contributed by atoms with van der Waals surface area (Å²) in [5.41, 5.74) is 2.48. The van der Waals surface area contributed by atoms with E-state index in [9.17, 15) is 10.1 Å². The SMILES string of the molecule is N#C/C(=C\c1ccc(OCc2ccc(Br)cc2)cc1)C(=O)Nc1ccc2ccccc2c1. The highest BCUT2D eigenvalue weighted by Gasteiger charge is 2.10. The van der Waals surface area contributed by atoms with Crippen LogP contribution in [0.3, 0.4) is 0 Å². The lowest BCUT2D eigenvalue weighted by atomic mass is 10.1. The first-order chi connectivity index (χ1) is 15.6. The van der Waals surface area contributed by atoms with Crippen LogP contribution in [-0.2, 0) is 11.4 Å². The maximum Gasteiger partial charge on any atom is 0.266 e. The molecule has 0 atom stereocenters. The number of carbonyl (C=O) groups excluding carboxylic acids is 1. The van der Waals surface area contributed by atoms with Crippen molar-refractivity contribution in [3.05, 3.63) is 112 Å². The van der Waals surface area contributed by atoms with Gasteiger partial charge < -0.3 is 10.1 Å². The maximum atomic E-state index is 12.6. The third-order valence-corrected chi connectivity index (χ3v) is 5.41. The highest BCUT2D eigenvalue weighted by atomic mass is 79.9. The van der Waals surface area contributed by atoms with Gasteiger partial charge in [0.1, 0.15) is 24.0 Å². The van der Waals surface area contributed by atoms with Crippen LogP contribution in [-0.4, -0.2) is 5.91 Å². The lowest BCUT2D eigenvalue weighted by molar-refractivity contribution is -0.112. The van der Waals surface area contributed by atoms with E-state index in [0.717, 1.165) is 26.4 Å². The van der Waals surface area contributed by atoms with Gasteiger partial charge in [0.2, 0.25) is 0 Å². The van der Waals surface area contributed by atoms with Gasteiger partial charge in [-0.3, -0.25) is 4.79 Å². The van der Waals surface area contributed by atoms with Crippen LogP contribution >= 0.6 is 15.9 Å². The Bertz CT molecular complexity index is 1320. The molecule has 1 N–H and O–H groups in total. The minimum atomic E-state index is -0.446. The lowest BCUT2D eigenvalue weighted by Crippen LogP contribution is -2.13. The van der Waals surface area contributed by atoms with Crippen LogP contribution in [0.4, 0.5) is 5.69 Å². The number of carbonyl (C=O) groups is 1. The summed E-state index contributed by atoms with van der Waals surface area (Å²) < 4.78 is 6.82. The average Bonchev–Trinajstić information content (AvgIpc) is 2.83. The van der Waals surface area contributed by atoms with Crippen molar-refractivity contribution >= 4 is 44.4 Å². The molecule has 4 rings (SSSR count). The summed E-state index contributed by atoms with van der Waals surface area (Å²) >= 11 is 3.42. The summed E-state index contributed by atoms with van der Waals surface area (Å²) in [6.07, 6.45) is 1.56. The summed E-state index contributed by atoms with van der Waals surface area (Å²) in [6, 6.07) is 30.7. The van der Waals surface area contributed by atoms with Crippen LogP contribution < -0.4 is 10.1 Å². The van der Waals surface area contributed by atoms with E-state index >= 15 is 0 Å². The Hall–Kier alpha value is -3.88. The van der Waals surface area contributed by atoms with E-state index in [-0.39, 0.29) is 5.57 Å². The number of anilines is 1. The van der Waals surface area contributed by atoms with E-state index in [4.69, 9.17) is 4.74 Å². The summed E-state index contributed by atoms with van der Waals surface area (Å²) in [7, 11) is 0. The normalized spacial score (nSPS) is 11.1. The first-order valence-electron chi connectivity index (χ1n) is 10.00. The topological polar surface area (TPSA) is 62.1 Å². The largest absolute Gasteiger partial charge is 0.489 e. The number of hydrogen-bond donors (Lipinski definition) is 1. The van der Waals surface area contributed by atoms with Gasteiger partial charge in [-0.25, -0.2) is 0 Å². The number of rotatable bonds is 6. The van der Waals surface area contributed by atoms with E-state index in [1.165, 1.54) is 0 Å². The van der Waals surface area contributed by atoms with Gasteiger partial charge in [0, 0.05) is 10.2 Å². The zero-order chi connectivity index (χ0) is 22.3. The van der Waals surface area contributed by atoms with E-state index in [1.807, 2.05) is 97.1 Å². The van der Waals surface area contributed by atoms with Crippen LogP contribution in [0, 0.1) is 11.3 Å². The summed E-state index contributed by atoms with van der Waals surface area (Å²) in [6.45, 7) is 0.458. The van der Waals surface area contributed by atoms with Crippen LogP contribution in [0.5, 0.6) is 5.75 Å². The van der Waals surface area contributed by atoms with Crippen molar-refractivity contribution in [2.24, 2.45) is 0 Å². The molecule has 1 amide bonds. The highest BCUT2D eigenvalue weighted by Crippen LogP contribution is 2.20. The standard InChI is InChI=1S/C27H19BrN2O2/c28-24-10-5-20(6-11-24)18-32-26-13-7-19(8-14-26)15-23(17-29)27(31)30-25-12-9-21-3-1-2-4-22(21)16-25/h1-16H,18H2,(H,30,31)/b23-15+. The molecular formula is C27H19BrN2O2. The average molecular weight is 483 g/mol. The summed E-state index contributed by atoms with van der Waals surface area (Å²) in [5, 5.41) is 14.4. The van der Waals surface area contributed by atoms with Gasteiger partial charge in [-0.2, -0.15) is 5.26 Å². The summed E-state index contributed by atoms with van der Waals surface area (Å²) in [4.78, 5) is 12.6. The Labute approximate surface area is 194 Å². The number of hydrogen-bond acceptors (Lipinski definition) is 3. The fourth-order valence-electron chi connectivity index (χ4n) is 3.19. The number of fused-ring (bicyclic) bond motifs is 1. The predicted molar refractivity (Wildman–Crippen MR) is 131 cm³/mol. The van der Waals surface area contributed by atoms with Crippen molar-refractivity contribution in [2.45, 2.75) is 6.61 Å². The molecule has 32 heavy (non-hydrogen) atoms. The quantitative estimate of drug-likeness (QED) is 0.244. The van der Waals surface area contributed by atoms with Crippen LogP contribution in [0.1, 0.15) is 11.1 Å². The second kappa shape index (κ2) is 9.95. The van der Waals surface area contributed by atoms with Gasteiger partial charge in [-0.1, -0.05) is 70.5 Å². The molecule has 0 aromatic heterocycles. The zero-order valence-corrected chi connectivity index (χ0v) is 18.7. The molecule has 0 radical (unpaired) electrons.